The van der Waals surface area contributed by atoms with E-state index in [4.69, 9.17) is 14.3 Å². The number of hydrogen-bond acceptors (Lipinski definition) is 8. The van der Waals surface area contributed by atoms with Gasteiger partial charge in [-0.3, -0.25) is 9.69 Å². The number of fused-ring (bicyclic) bond motifs is 4. The lowest BCUT2D eigenvalue weighted by Gasteiger charge is -2.25. The Kier molecular flexibility index (Phi) is 6.78. The Labute approximate surface area is 236 Å². The van der Waals surface area contributed by atoms with Gasteiger partial charge in [0.2, 0.25) is 0 Å². The summed E-state index contributed by atoms with van der Waals surface area (Å²) >= 11 is 0. The number of nitrogens with zero attached hydrogens (tertiary/aromatic N) is 4. The monoisotopic (exact) mass is 554 g/mol. The van der Waals surface area contributed by atoms with E-state index in [0.717, 1.165) is 22.3 Å². The molecule has 1 aliphatic carbocycles. The summed E-state index contributed by atoms with van der Waals surface area (Å²) in [7, 11) is 0. The fraction of sp³-hybridized carbons (Fsp3) is 0.323. The van der Waals surface area contributed by atoms with E-state index in [1.807, 2.05) is 57.2 Å². The molecule has 210 valence electrons. The highest BCUT2D eigenvalue weighted by Crippen LogP contribution is 2.44. The largest absolute Gasteiger partial charge is 0.448 e. The molecule has 4 aromatic rings. The second kappa shape index (κ2) is 10.4. The van der Waals surface area contributed by atoms with E-state index >= 15 is 0 Å². The second-order valence-corrected chi connectivity index (χ2v) is 11.3. The molecule has 0 radical (unpaired) electrons. The van der Waals surface area contributed by atoms with E-state index in [9.17, 15) is 14.4 Å². The third-order valence-electron chi connectivity index (χ3n) is 7.34. The predicted octanol–water partition coefficient (Wildman–Crippen LogP) is 3.95. The molecule has 1 unspecified atom stereocenters. The number of benzene rings is 3. The fourth-order valence-electron chi connectivity index (χ4n) is 5.66. The van der Waals surface area contributed by atoms with Gasteiger partial charge in [0.1, 0.15) is 18.2 Å². The summed E-state index contributed by atoms with van der Waals surface area (Å²) in [5.41, 5.74) is 3.66. The summed E-state index contributed by atoms with van der Waals surface area (Å²) < 4.78 is 11.9. The van der Waals surface area contributed by atoms with Crippen LogP contribution in [0.25, 0.3) is 22.0 Å². The van der Waals surface area contributed by atoms with Crippen molar-refractivity contribution in [1.82, 2.24) is 20.1 Å². The van der Waals surface area contributed by atoms with Crippen molar-refractivity contribution in [3.05, 3.63) is 94.3 Å². The quantitative estimate of drug-likeness (QED) is 0.341. The van der Waals surface area contributed by atoms with Crippen LogP contribution < -0.4 is 10.4 Å². The molecule has 3 aromatic carbocycles. The van der Waals surface area contributed by atoms with Crippen molar-refractivity contribution in [3.63, 3.8) is 0 Å². The molecule has 1 amide bonds. The highest BCUT2D eigenvalue weighted by atomic mass is 16.7. The molecule has 2 heterocycles. The van der Waals surface area contributed by atoms with E-state index in [2.05, 4.69) is 22.4 Å². The molecule has 0 bridgehead atoms. The summed E-state index contributed by atoms with van der Waals surface area (Å²) in [5, 5.41) is 7.95. The number of likely N-dealkylation sites (tertiary alicyclic amines) is 1. The van der Waals surface area contributed by atoms with E-state index < -0.39 is 35.4 Å². The molecule has 1 saturated heterocycles. The van der Waals surface area contributed by atoms with Crippen LogP contribution in [-0.2, 0) is 14.3 Å². The Morgan fingerprint density at radius 1 is 0.927 bits per heavy atom. The van der Waals surface area contributed by atoms with E-state index in [0.29, 0.717) is 10.4 Å². The van der Waals surface area contributed by atoms with Crippen molar-refractivity contribution in [2.45, 2.75) is 50.9 Å². The van der Waals surface area contributed by atoms with Gasteiger partial charge in [-0.25, -0.2) is 9.59 Å². The van der Waals surface area contributed by atoms with Crippen LogP contribution in [-0.4, -0.2) is 63.0 Å². The van der Waals surface area contributed by atoms with Gasteiger partial charge in [0.15, 0.2) is 0 Å². The van der Waals surface area contributed by atoms with Crippen LogP contribution in [0.5, 0.6) is 0 Å². The highest BCUT2D eigenvalue weighted by molar-refractivity contribution is 5.83. The molecule has 2 atom stereocenters. The van der Waals surface area contributed by atoms with Crippen LogP contribution in [0.1, 0.15) is 44.2 Å². The van der Waals surface area contributed by atoms with Crippen LogP contribution in [0, 0.1) is 0 Å². The van der Waals surface area contributed by atoms with Gasteiger partial charge in [-0.05, 0) is 65.2 Å². The van der Waals surface area contributed by atoms with Gasteiger partial charge in [0.25, 0.3) is 0 Å². The lowest BCUT2D eigenvalue weighted by molar-refractivity contribution is -0.151. The van der Waals surface area contributed by atoms with Gasteiger partial charge in [0, 0.05) is 12.3 Å². The summed E-state index contributed by atoms with van der Waals surface area (Å²) in [6, 6.07) is 21.7. The number of ether oxygens (including phenoxy) is 2. The standard InChI is InChI=1S/C31H30N4O6/c1-31(2,3)40-19-16-27(29(37)41-35-28(36)24-14-8-9-15-26(24)32-33-35)34(17-19)30(38)39-18-25-22-12-6-4-10-20(22)21-11-5-7-13-23(21)25/h4-15,19,25,27H,16-18H2,1-3H3/t19?,27-/m0/s1. The molecule has 6 rings (SSSR count). The topological polar surface area (TPSA) is 113 Å². The van der Waals surface area contributed by atoms with E-state index in [1.54, 1.807) is 24.3 Å². The maximum absolute atomic E-state index is 13.5. The Morgan fingerprint density at radius 2 is 1.56 bits per heavy atom. The zero-order valence-corrected chi connectivity index (χ0v) is 23.0. The van der Waals surface area contributed by atoms with Crippen molar-refractivity contribution in [2.24, 2.45) is 0 Å². The van der Waals surface area contributed by atoms with Gasteiger partial charge in [0.05, 0.1) is 23.6 Å². The van der Waals surface area contributed by atoms with Crippen LogP contribution in [0.4, 0.5) is 4.79 Å². The minimum Gasteiger partial charge on any atom is -0.448 e. The highest BCUT2D eigenvalue weighted by Gasteiger charge is 2.44. The smallest absolute Gasteiger partial charge is 0.410 e. The first-order chi connectivity index (χ1) is 19.7. The average molecular weight is 555 g/mol. The molecular weight excluding hydrogens is 524 g/mol. The number of rotatable bonds is 5. The first-order valence-corrected chi connectivity index (χ1v) is 13.6. The molecule has 0 spiro atoms. The molecule has 1 aliphatic heterocycles. The van der Waals surface area contributed by atoms with Gasteiger partial charge in [-0.2, -0.15) is 0 Å². The van der Waals surface area contributed by atoms with Crippen LogP contribution in [0.3, 0.4) is 0 Å². The predicted molar refractivity (Wildman–Crippen MR) is 150 cm³/mol. The SMILES string of the molecule is CC(C)(C)OC1C[C@@H](C(=O)On2nnc3ccccc3c2=O)N(C(=O)OCC2c3ccccc3-c3ccccc32)C1. The lowest BCUT2D eigenvalue weighted by atomic mass is 9.98. The summed E-state index contributed by atoms with van der Waals surface area (Å²) in [6.07, 6.45) is -0.922. The third kappa shape index (κ3) is 5.18. The normalized spacial score (nSPS) is 18.3. The Morgan fingerprint density at radius 3 is 2.24 bits per heavy atom. The van der Waals surface area contributed by atoms with Gasteiger partial charge in [-0.15, -0.1) is 5.10 Å². The lowest BCUT2D eigenvalue weighted by Crippen LogP contribution is -2.46. The molecule has 10 heteroatoms. The molecule has 1 fully saturated rings. The first-order valence-electron chi connectivity index (χ1n) is 13.6. The van der Waals surface area contributed by atoms with Crippen LogP contribution in [0.15, 0.2) is 77.6 Å². The van der Waals surface area contributed by atoms with Crippen LogP contribution >= 0.6 is 0 Å². The Hall–Kier alpha value is -4.57. The molecule has 0 saturated carbocycles. The van der Waals surface area contributed by atoms with Crippen molar-refractivity contribution in [3.8, 4) is 11.1 Å². The number of carbonyl (C=O) groups is 2. The molecule has 1 aromatic heterocycles. The number of amides is 1. The Bertz CT molecular complexity index is 1650. The van der Waals surface area contributed by atoms with Crippen molar-refractivity contribution in [2.75, 3.05) is 13.2 Å². The van der Waals surface area contributed by atoms with E-state index in [-0.39, 0.29) is 30.9 Å². The third-order valence-corrected chi connectivity index (χ3v) is 7.34. The zero-order chi connectivity index (χ0) is 28.7. The minimum atomic E-state index is -1.04. The van der Waals surface area contributed by atoms with Gasteiger partial charge < -0.3 is 14.3 Å². The maximum atomic E-state index is 13.5. The van der Waals surface area contributed by atoms with Gasteiger partial charge in [-0.1, -0.05) is 60.7 Å². The fourth-order valence-corrected chi connectivity index (χ4v) is 5.66. The van der Waals surface area contributed by atoms with Crippen molar-refractivity contribution >= 4 is 23.0 Å². The molecule has 2 aliphatic rings. The van der Waals surface area contributed by atoms with Crippen LogP contribution in [0.2, 0.25) is 0 Å². The number of hydrogen-bond donors (Lipinski definition) is 0. The summed E-state index contributed by atoms with van der Waals surface area (Å²) in [5.74, 6) is -0.961. The van der Waals surface area contributed by atoms with Crippen molar-refractivity contribution < 1.29 is 23.9 Å². The minimum absolute atomic E-state index is 0.103. The second-order valence-electron chi connectivity index (χ2n) is 11.3. The van der Waals surface area contributed by atoms with Gasteiger partial charge >= 0.3 is 17.6 Å². The maximum Gasteiger partial charge on any atom is 0.410 e. The first kappa shape index (κ1) is 26.6. The van der Waals surface area contributed by atoms with Crippen molar-refractivity contribution in [1.29, 1.82) is 0 Å². The number of carbonyl (C=O) groups excluding carboxylic acids is 2. The summed E-state index contributed by atoms with van der Waals surface area (Å²) in [4.78, 5) is 46.9. The summed E-state index contributed by atoms with van der Waals surface area (Å²) in [6.45, 7) is 5.94. The zero-order valence-electron chi connectivity index (χ0n) is 23.0. The molecule has 0 N–H and O–H groups in total. The molecule has 41 heavy (non-hydrogen) atoms. The molecule has 10 nitrogen and oxygen atoms in total. The average Bonchev–Trinajstić information content (AvgIpc) is 3.51. The molecular formula is C31H30N4O6. The Balaban J connectivity index is 1.22. The number of aromatic nitrogens is 3. The van der Waals surface area contributed by atoms with E-state index in [1.165, 1.54) is 4.90 Å².